The summed E-state index contributed by atoms with van der Waals surface area (Å²) in [6.07, 6.45) is 0. The van der Waals surface area contributed by atoms with E-state index in [0.717, 1.165) is 28.0 Å². The van der Waals surface area contributed by atoms with Gasteiger partial charge in [0.25, 0.3) is 5.91 Å². The minimum absolute atomic E-state index is 0.0167. The summed E-state index contributed by atoms with van der Waals surface area (Å²) in [5.74, 6) is 0.866. The predicted molar refractivity (Wildman–Crippen MR) is 118 cm³/mol. The van der Waals surface area contributed by atoms with Crippen molar-refractivity contribution in [3.63, 3.8) is 0 Å². The highest BCUT2D eigenvalue weighted by Crippen LogP contribution is 2.14. The number of carbonyl (C=O) groups is 2. The number of rotatable bonds is 7. The summed E-state index contributed by atoms with van der Waals surface area (Å²) in [4.78, 5) is 28.9. The molecule has 2 aromatic carbocycles. The summed E-state index contributed by atoms with van der Waals surface area (Å²) in [6, 6.07) is 13.8. The minimum atomic E-state index is -0.0167. The number of carbonyl (C=O) groups excluding carboxylic acids is 2. The Morgan fingerprint density at radius 3 is 2.30 bits per heavy atom. The van der Waals surface area contributed by atoms with Gasteiger partial charge in [0.1, 0.15) is 12.4 Å². The van der Waals surface area contributed by atoms with Crippen molar-refractivity contribution in [2.75, 3.05) is 45.9 Å². The van der Waals surface area contributed by atoms with Gasteiger partial charge >= 0.3 is 0 Å². The van der Waals surface area contributed by atoms with E-state index in [0.29, 0.717) is 45.9 Å². The lowest BCUT2D eigenvalue weighted by Gasteiger charge is -2.34. The second-order valence-corrected chi connectivity index (χ2v) is 7.96. The van der Waals surface area contributed by atoms with Crippen LogP contribution in [-0.2, 0) is 4.79 Å². The maximum atomic E-state index is 12.8. The Bertz CT molecular complexity index is 869. The first-order valence-electron chi connectivity index (χ1n) is 10.5. The molecular formula is C24H31N3O3. The van der Waals surface area contributed by atoms with Crippen LogP contribution in [0.5, 0.6) is 5.75 Å². The highest BCUT2D eigenvalue weighted by atomic mass is 16.5. The van der Waals surface area contributed by atoms with E-state index in [1.165, 1.54) is 0 Å². The van der Waals surface area contributed by atoms with E-state index in [1.54, 1.807) is 0 Å². The number of aryl methyl sites for hydroxylation is 3. The van der Waals surface area contributed by atoms with Gasteiger partial charge in [-0.3, -0.25) is 14.5 Å². The summed E-state index contributed by atoms with van der Waals surface area (Å²) in [6.45, 7) is 9.95. The Morgan fingerprint density at radius 1 is 0.933 bits per heavy atom. The molecule has 2 aromatic rings. The predicted octanol–water partition coefficient (Wildman–Crippen LogP) is 2.56. The Balaban J connectivity index is 1.36. The fourth-order valence-electron chi connectivity index (χ4n) is 3.71. The van der Waals surface area contributed by atoms with E-state index in [1.807, 2.05) is 62.1 Å². The van der Waals surface area contributed by atoms with Crippen LogP contribution >= 0.6 is 0 Å². The molecule has 1 N–H and O–H groups in total. The summed E-state index contributed by atoms with van der Waals surface area (Å²) in [5, 5.41) is 2.90. The first-order valence-corrected chi connectivity index (χ1v) is 10.5. The molecule has 1 fully saturated rings. The maximum absolute atomic E-state index is 12.8. The lowest BCUT2D eigenvalue weighted by atomic mass is 10.1. The second-order valence-electron chi connectivity index (χ2n) is 7.96. The van der Waals surface area contributed by atoms with Crippen molar-refractivity contribution in [1.82, 2.24) is 15.1 Å². The normalized spacial score (nSPS) is 14.4. The second kappa shape index (κ2) is 10.3. The average molecular weight is 410 g/mol. The van der Waals surface area contributed by atoms with Crippen LogP contribution in [0.25, 0.3) is 0 Å². The zero-order valence-electron chi connectivity index (χ0n) is 18.1. The van der Waals surface area contributed by atoms with Gasteiger partial charge in [-0.15, -0.1) is 0 Å². The molecule has 3 rings (SSSR count). The molecule has 1 heterocycles. The quantitative estimate of drug-likeness (QED) is 0.714. The molecule has 2 amide bonds. The first kappa shape index (κ1) is 21.8. The van der Waals surface area contributed by atoms with Crippen LogP contribution in [0.1, 0.15) is 27.0 Å². The van der Waals surface area contributed by atoms with Crippen molar-refractivity contribution in [1.29, 1.82) is 0 Å². The fourth-order valence-corrected chi connectivity index (χ4v) is 3.71. The monoisotopic (exact) mass is 409 g/mol. The molecule has 0 spiro atoms. The topological polar surface area (TPSA) is 61.9 Å². The molecule has 1 aliphatic heterocycles. The van der Waals surface area contributed by atoms with Gasteiger partial charge in [-0.2, -0.15) is 0 Å². The summed E-state index contributed by atoms with van der Waals surface area (Å²) in [7, 11) is 0. The van der Waals surface area contributed by atoms with Crippen LogP contribution in [0.15, 0.2) is 42.5 Å². The molecule has 30 heavy (non-hydrogen) atoms. The number of ether oxygens (including phenoxy) is 1. The number of amides is 2. The zero-order valence-corrected chi connectivity index (χ0v) is 18.1. The molecule has 0 aromatic heterocycles. The van der Waals surface area contributed by atoms with E-state index in [2.05, 4.69) is 16.3 Å². The Hall–Kier alpha value is -2.86. The summed E-state index contributed by atoms with van der Waals surface area (Å²) in [5.41, 5.74) is 4.08. The Morgan fingerprint density at radius 2 is 1.63 bits per heavy atom. The van der Waals surface area contributed by atoms with E-state index in [9.17, 15) is 9.59 Å². The van der Waals surface area contributed by atoms with E-state index >= 15 is 0 Å². The molecule has 1 saturated heterocycles. The summed E-state index contributed by atoms with van der Waals surface area (Å²) < 4.78 is 5.65. The van der Waals surface area contributed by atoms with Gasteiger partial charge in [0.05, 0.1) is 13.1 Å². The number of hydrogen-bond acceptors (Lipinski definition) is 4. The number of piperazine rings is 1. The van der Waals surface area contributed by atoms with E-state index in [-0.39, 0.29) is 11.8 Å². The smallest absolute Gasteiger partial charge is 0.253 e. The molecule has 1 aliphatic rings. The summed E-state index contributed by atoms with van der Waals surface area (Å²) >= 11 is 0. The van der Waals surface area contributed by atoms with Gasteiger partial charge in [0, 0.05) is 31.7 Å². The highest BCUT2D eigenvalue weighted by molar-refractivity contribution is 5.94. The SMILES string of the molecule is Cc1cccc(OCCNC(=O)CN2CCN(C(=O)c3cc(C)cc(C)c3)CC2)c1. The van der Waals surface area contributed by atoms with Gasteiger partial charge in [0.15, 0.2) is 0 Å². The number of benzene rings is 2. The number of nitrogens with zero attached hydrogens (tertiary/aromatic N) is 2. The Kier molecular flexibility index (Phi) is 7.46. The van der Waals surface area contributed by atoms with Gasteiger partial charge in [0.2, 0.25) is 5.91 Å². The molecule has 0 aliphatic carbocycles. The lowest BCUT2D eigenvalue weighted by Crippen LogP contribution is -2.51. The third kappa shape index (κ3) is 6.32. The van der Waals surface area contributed by atoms with Crippen molar-refractivity contribution in [2.45, 2.75) is 20.8 Å². The average Bonchev–Trinajstić information content (AvgIpc) is 2.71. The van der Waals surface area contributed by atoms with E-state index in [4.69, 9.17) is 4.74 Å². The van der Waals surface area contributed by atoms with E-state index < -0.39 is 0 Å². The van der Waals surface area contributed by atoms with Crippen molar-refractivity contribution in [3.05, 3.63) is 64.7 Å². The molecule has 0 atom stereocenters. The maximum Gasteiger partial charge on any atom is 0.253 e. The third-order valence-electron chi connectivity index (χ3n) is 5.18. The van der Waals surface area contributed by atoms with Crippen molar-refractivity contribution >= 4 is 11.8 Å². The molecule has 6 nitrogen and oxygen atoms in total. The third-order valence-corrected chi connectivity index (χ3v) is 5.18. The highest BCUT2D eigenvalue weighted by Gasteiger charge is 2.23. The molecule has 0 unspecified atom stereocenters. The molecule has 6 heteroatoms. The van der Waals surface area contributed by atoms with Crippen molar-refractivity contribution in [2.24, 2.45) is 0 Å². The molecule has 0 saturated carbocycles. The first-order chi connectivity index (χ1) is 14.4. The van der Waals surface area contributed by atoms with Crippen LogP contribution in [0.3, 0.4) is 0 Å². The largest absolute Gasteiger partial charge is 0.492 e. The molecule has 0 radical (unpaired) electrons. The van der Waals surface area contributed by atoms with Gasteiger partial charge in [-0.05, 0) is 50.6 Å². The molecular weight excluding hydrogens is 378 g/mol. The Labute approximate surface area is 178 Å². The van der Waals surface area contributed by atoms with Gasteiger partial charge < -0.3 is 15.0 Å². The van der Waals surface area contributed by atoms with Gasteiger partial charge in [-0.25, -0.2) is 0 Å². The molecule has 160 valence electrons. The van der Waals surface area contributed by atoms with Crippen molar-refractivity contribution < 1.29 is 14.3 Å². The standard InChI is InChI=1S/C24H31N3O3/c1-18-5-4-6-22(16-18)30-12-7-25-23(28)17-26-8-10-27(11-9-26)24(29)21-14-19(2)13-20(3)15-21/h4-6,13-16H,7-12,17H2,1-3H3,(H,25,28). The van der Waals surface area contributed by atoms with Crippen LogP contribution in [0.4, 0.5) is 0 Å². The van der Waals surface area contributed by atoms with Crippen LogP contribution in [0, 0.1) is 20.8 Å². The zero-order chi connectivity index (χ0) is 21.5. The number of hydrogen-bond donors (Lipinski definition) is 1. The number of nitrogens with one attached hydrogen (secondary N) is 1. The minimum Gasteiger partial charge on any atom is -0.492 e. The van der Waals surface area contributed by atoms with Crippen LogP contribution < -0.4 is 10.1 Å². The van der Waals surface area contributed by atoms with Gasteiger partial charge in [-0.1, -0.05) is 29.3 Å². The van der Waals surface area contributed by atoms with Crippen LogP contribution in [0.2, 0.25) is 0 Å². The molecule has 0 bridgehead atoms. The van der Waals surface area contributed by atoms with Crippen LogP contribution in [-0.4, -0.2) is 67.5 Å². The lowest BCUT2D eigenvalue weighted by molar-refractivity contribution is -0.122. The van der Waals surface area contributed by atoms with Crippen molar-refractivity contribution in [3.8, 4) is 5.75 Å². The fraction of sp³-hybridized carbons (Fsp3) is 0.417.